The van der Waals surface area contributed by atoms with Crippen molar-refractivity contribution in [2.75, 3.05) is 6.61 Å². The zero-order chi connectivity index (χ0) is 18.1. The van der Waals surface area contributed by atoms with Crippen LogP contribution in [0.1, 0.15) is 59.3 Å². The lowest BCUT2D eigenvalue weighted by atomic mass is 9.46. The van der Waals surface area contributed by atoms with Gasteiger partial charge in [0.05, 0.1) is 18.1 Å². The Morgan fingerprint density at radius 1 is 1.42 bits per heavy atom. The van der Waals surface area contributed by atoms with Crippen LogP contribution in [0.5, 0.6) is 0 Å². The molecule has 3 N–H and O–H groups in total. The topological polar surface area (TPSA) is 77.8 Å². The Kier molecular flexibility index (Phi) is 5.61. The third-order valence-corrected chi connectivity index (χ3v) is 6.91. The van der Waals surface area contributed by atoms with Gasteiger partial charge in [0.1, 0.15) is 0 Å². The van der Waals surface area contributed by atoms with Gasteiger partial charge in [0, 0.05) is 0 Å². The van der Waals surface area contributed by atoms with Crippen LogP contribution in [0.25, 0.3) is 0 Å². The minimum absolute atomic E-state index is 0.0779. The third-order valence-electron chi connectivity index (χ3n) is 6.91. The van der Waals surface area contributed by atoms with Gasteiger partial charge in [-0.2, -0.15) is 0 Å². The van der Waals surface area contributed by atoms with Crippen LogP contribution < -0.4 is 0 Å². The first-order valence-corrected chi connectivity index (χ1v) is 9.03. The average molecular weight is 336 g/mol. The second-order valence-corrected chi connectivity index (χ2v) is 8.27. The van der Waals surface area contributed by atoms with Crippen molar-refractivity contribution in [1.82, 2.24) is 0 Å². The fourth-order valence-corrected chi connectivity index (χ4v) is 5.33. The Morgan fingerprint density at radius 3 is 2.67 bits per heavy atom. The van der Waals surface area contributed by atoms with Crippen LogP contribution in [0, 0.1) is 22.7 Å². The largest absolute Gasteiger partial charge is 0.481 e. The molecule has 4 nitrogen and oxygen atoms in total. The molecule has 0 saturated heterocycles. The van der Waals surface area contributed by atoms with Crippen LogP contribution in [0.2, 0.25) is 0 Å². The third kappa shape index (κ3) is 3.18. The van der Waals surface area contributed by atoms with Gasteiger partial charge in [-0.25, -0.2) is 0 Å². The van der Waals surface area contributed by atoms with Crippen molar-refractivity contribution in [1.29, 1.82) is 0 Å². The standard InChI is InChI=1S/C20H32O4/c1-13-6-7-17-19(3,9-5-10-20(17,4)18(23)24)15(13)12-16(22)14(2)8-11-21/h8,15-17,21-22H,1,5-7,9-12H2,2-4H3,(H,23,24)/b14-8+/t15-,16-,17+,19+,20-/m0/s1. The van der Waals surface area contributed by atoms with Gasteiger partial charge in [0.25, 0.3) is 0 Å². The van der Waals surface area contributed by atoms with E-state index in [1.165, 1.54) is 0 Å². The molecule has 0 unspecified atom stereocenters. The fraction of sp³-hybridized carbons (Fsp3) is 0.750. The lowest BCUT2D eigenvalue weighted by Crippen LogP contribution is -2.53. The van der Waals surface area contributed by atoms with Crippen LogP contribution in [-0.4, -0.2) is 34.0 Å². The molecule has 0 bridgehead atoms. The molecule has 0 aromatic rings. The van der Waals surface area contributed by atoms with E-state index in [1.54, 1.807) is 6.08 Å². The maximum Gasteiger partial charge on any atom is 0.309 e. The Bertz CT molecular complexity index is 538. The summed E-state index contributed by atoms with van der Waals surface area (Å²) >= 11 is 0. The first kappa shape index (κ1) is 19.2. The highest BCUT2D eigenvalue weighted by atomic mass is 16.4. The first-order chi connectivity index (χ1) is 11.2. The molecule has 0 amide bonds. The minimum atomic E-state index is -0.693. The van der Waals surface area contributed by atoms with Gasteiger partial charge in [0.2, 0.25) is 0 Å². The van der Waals surface area contributed by atoms with Crippen LogP contribution >= 0.6 is 0 Å². The molecule has 2 fully saturated rings. The number of carboxylic acids is 1. The molecule has 0 spiro atoms. The molecule has 0 heterocycles. The Hall–Kier alpha value is -1.13. The van der Waals surface area contributed by atoms with Crippen molar-refractivity contribution < 1.29 is 20.1 Å². The normalized spacial score (nSPS) is 38.5. The molecule has 0 aromatic carbocycles. The van der Waals surface area contributed by atoms with Crippen molar-refractivity contribution in [2.45, 2.75) is 65.4 Å². The van der Waals surface area contributed by atoms with Gasteiger partial charge >= 0.3 is 5.97 Å². The summed E-state index contributed by atoms with van der Waals surface area (Å²) in [6.07, 6.45) is 5.91. The monoisotopic (exact) mass is 336 g/mol. The molecule has 24 heavy (non-hydrogen) atoms. The predicted octanol–water partition coefficient (Wildman–Crippen LogP) is 3.54. The predicted molar refractivity (Wildman–Crippen MR) is 94.5 cm³/mol. The summed E-state index contributed by atoms with van der Waals surface area (Å²) in [5, 5.41) is 29.4. The van der Waals surface area contributed by atoms with Crippen molar-refractivity contribution >= 4 is 5.97 Å². The van der Waals surface area contributed by atoms with Gasteiger partial charge in [0.15, 0.2) is 0 Å². The van der Waals surface area contributed by atoms with Crippen LogP contribution in [-0.2, 0) is 4.79 Å². The van der Waals surface area contributed by atoms with E-state index in [4.69, 9.17) is 5.11 Å². The second kappa shape index (κ2) is 7.01. The van der Waals surface area contributed by atoms with Gasteiger partial charge in [-0.15, -0.1) is 0 Å². The molecule has 0 radical (unpaired) electrons. The molecule has 0 aromatic heterocycles. The van der Waals surface area contributed by atoms with E-state index in [2.05, 4.69) is 13.5 Å². The van der Waals surface area contributed by atoms with Crippen molar-refractivity contribution in [3.63, 3.8) is 0 Å². The van der Waals surface area contributed by atoms with E-state index >= 15 is 0 Å². The molecule has 5 atom stereocenters. The van der Waals surface area contributed by atoms with Gasteiger partial charge in [-0.3, -0.25) is 4.79 Å². The number of fused-ring (bicyclic) bond motifs is 1. The summed E-state index contributed by atoms with van der Waals surface area (Å²) in [4.78, 5) is 12.0. The molecule has 2 saturated carbocycles. The number of aliphatic hydroxyl groups is 2. The highest BCUT2D eigenvalue weighted by molar-refractivity contribution is 5.75. The summed E-state index contributed by atoms with van der Waals surface area (Å²) < 4.78 is 0. The van der Waals surface area contributed by atoms with E-state index in [1.807, 2.05) is 13.8 Å². The maximum absolute atomic E-state index is 12.0. The van der Waals surface area contributed by atoms with Crippen LogP contribution in [0.4, 0.5) is 0 Å². The van der Waals surface area contributed by atoms with Gasteiger partial charge < -0.3 is 15.3 Å². The Labute approximate surface area is 145 Å². The Balaban J connectivity index is 2.32. The van der Waals surface area contributed by atoms with E-state index in [9.17, 15) is 15.0 Å². The number of aliphatic hydroxyl groups excluding tert-OH is 2. The van der Waals surface area contributed by atoms with Crippen molar-refractivity contribution in [2.24, 2.45) is 22.7 Å². The molecule has 136 valence electrons. The molecule has 2 rings (SSSR count). The molecule has 2 aliphatic carbocycles. The summed E-state index contributed by atoms with van der Waals surface area (Å²) in [7, 11) is 0. The number of aliphatic carboxylic acids is 1. The average Bonchev–Trinajstić information content (AvgIpc) is 2.50. The number of hydrogen-bond acceptors (Lipinski definition) is 3. The molecule has 2 aliphatic rings. The first-order valence-electron chi connectivity index (χ1n) is 9.03. The molecule has 4 heteroatoms. The zero-order valence-electron chi connectivity index (χ0n) is 15.2. The van der Waals surface area contributed by atoms with Gasteiger partial charge in [-0.1, -0.05) is 31.6 Å². The Morgan fingerprint density at radius 2 is 2.08 bits per heavy atom. The summed E-state index contributed by atoms with van der Waals surface area (Å²) in [5.74, 6) is -0.463. The van der Waals surface area contributed by atoms with Crippen LogP contribution in [0.3, 0.4) is 0 Å². The van der Waals surface area contributed by atoms with E-state index in [0.29, 0.717) is 6.42 Å². The SMILES string of the molecule is C=C1CC[C@@H]2[C@](C)(CCC[C@]2(C)C(=O)O)[C@H]1C[C@H](O)/C(C)=C/CO. The van der Waals surface area contributed by atoms with E-state index < -0.39 is 17.5 Å². The van der Waals surface area contributed by atoms with Crippen molar-refractivity contribution in [3.8, 4) is 0 Å². The molecule has 0 aliphatic heterocycles. The van der Waals surface area contributed by atoms with E-state index in [-0.39, 0.29) is 23.9 Å². The number of allylic oxidation sites excluding steroid dienone is 1. The maximum atomic E-state index is 12.0. The lowest BCUT2D eigenvalue weighted by molar-refractivity contribution is -0.164. The number of hydrogen-bond donors (Lipinski definition) is 3. The lowest BCUT2D eigenvalue weighted by Gasteiger charge is -2.57. The molecular weight excluding hydrogens is 304 g/mol. The number of carboxylic acid groups (broad SMARTS) is 1. The molecular formula is C20H32O4. The van der Waals surface area contributed by atoms with Gasteiger partial charge in [-0.05, 0) is 68.8 Å². The fourth-order valence-electron chi connectivity index (χ4n) is 5.33. The summed E-state index contributed by atoms with van der Waals surface area (Å²) in [6.45, 7) is 10.1. The second-order valence-electron chi connectivity index (χ2n) is 8.27. The summed E-state index contributed by atoms with van der Waals surface area (Å²) in [6, 6.07) is 0. The minimum Gasteiger partial charge on any atom is -0.481 e. The van der Waals surface area contributed by atoms with Crippen LogP contribution in [0.15, 0.2) is 23.8 Å². The number of rotatable bonds is 5. The smallest absolute Gasteiger partial charge is 0.309 e. The number of carbonyl (C=O) groups is 1. The van der Waals surface area contributed by atoms with E-state index in [0.717, 1.165) is 43.3 Å². The zero-order valence-corrected chi connectivity index (χ0v) is 15.2. The highest BCUT2D eigenvalue weighted by Gasteiger charge is 2.57. The highest BCUT2D eigenvalue weighted by Crippen LogP contribution is 2.62. The van der Waals surface area contributed by atoms with Crippen molar-refractivity contribution in [3.05, 3.63) is 23.8 Å². The quantitative estimate of drug-likeness (QED) is 0.671. The summed E-state index contributed by atoms with van der Waals surface area (Å²) in [5.41, 5.74) is 1.08.